The van der Waals surface area contributed by atoms with Gasteiger partial charge in [-0.1, -0.05) is 31.5 Å². The molecule has 0 bridgehead atoms. The Hall–Kier alpha value is -0.910. The third kappa shape index (κ3) is 2.18. The van der Waals surface area contributed by atoms with Crippen LogP contribution in [-0.2, 0) is 10.0 Å². The van der Waals surface area contributed by atoms with Crippen LogP contribution in [0, 0.1) is 12.8 Å². The predicted octanol–water partition coefficient (Wildman–Crippen LogP) is 1.35. The molecular formula is C13H20N2O2S. The standard InChI is InChI=1S/C13H20N2O2S/c1-10(2)13(14)8-15(9-13)18(16,17)12-6-4-11(3)5-7-12/h4-7,10H,8-9,14H2,1-3H3. The molecule has 4 nitrogen and oxygen atoms in total. The number of benzene rings is 1. The average molecular weight is 268 g/mol. The van der Waals surface area contributed by atoms with Gasteiger partial charge in [0.2, 0.25) is 10.0 Å². The van der Waals surface area contributed by atoms with E-state index in [1.807, 2.05) is 32.9 Å². The Morgan fingerprint density at radius 2 is 1.72 bits per heavy atom. The molecule has 2 N–H and O–H groups in total. The Balaban J connectivity index is 2.18. The van der Waals surface area contributed by atoms with Gasteiger partial charge in [-0.25, -0.2) is 8.42 Å². The number of nitrogens with zero attached hydrogens (tertiary/aromatic N) is 1. The lowest BCUT2D eigenvalue weighted by atomic mass is 9.82. The highest BCUT2D eigenvalue weighted by atomic mass is 32.2. The summed E-state index contributed by atoms with van der Waals surface area (Å²) in [6.07, 6.45) is 0. The molecule has 0 saturated carbocycles. The minimum atomic E-state index is -3.37. The molecule has 1 aliphatic heterocycles. The molecule has 1 aromatic rings. The Morgan fingerprint density at radius 1 is 1.22 bits per heavy atom. The molecular weight excluding hydrogens is 248 g/mol. The highest BCUT2D eigenvalue weighted by Crippen LogP contribution is 2.31. The van der Waals surface area contributed by atoms with Crippen LogP contribution in [0.4, 0.5) is 0 Å². The summed E-state index contributed by atoms with van der Waals surface area (Å²) >= 11 is 0. The zero-order valence-corrected chi connectivity index (χ0v) is 11.9. The van der Waals surface area contributed by atoms with Gasteiger partial charge in [0.25, 0.3) is 0 Å². The quantitative estimate of drug-likeness (QED) is 0.900. The highest BCUT2D eigenvalue weighted by Gasteiger charge is 2.47. The monoisotopic (exact) mass is 268 g/mol. The number of rotatable bonds is 3. The average Bonchev–Trinajstić information content (AvgIpc) is 2.25. The second kappa shape index (κ2) is 4.33. The van der Waals surface area contributed by atoms with Crippen LogP contribution in [0.3, 0.4) is 0 Å². The van der Waals surface area contributed by atoms with Crippen molar-refractivity contribution in [2.45, 2.75) is 31.2 Å². The lowest BCUT2D eigenvalue weighted by Gasteiger charge is -2.49. The van der Waals surface area contributed by atoms with Crippen molar-refractivity contribution in [3.8, 4) is 0 Å². The summed E-state index contributed by atoms with van der Waals surface area (Å²) in [5, 5.41) is 0. The van der Waals surface area contributed by atoms with Crippen molar-refractivity contribution in [2.24, 2.45) is 11.7 Å². The number of aryl methyl sites for hydroxylation is 1. The van der Waals surface area contributed by atoms with Gasteiger partial charge in [-0.05, 0) is 25.0 Å². The maximum atomic E-state index is 12.3. The van der Waals surface area contributed by atoms with Gasteiger partial charge < -0.3 is 5.73 Å². The molecule has 0 aromatic heterocycles. The van der Waals surface area contributed by atoms with Crippen LogP contribution < -0.4 is 5.73 Å². The Labute approximate surface area is 109 Å². The molecule has 0 spiro atoms. The van der Waals surface area contributed by atoms with Gasteiger partial charge in [-0.2, -0.15) is 4.31 Å². The topological polar surface area (TPSA) is 63.4 Å². The summed E-state index contributed by atoms with van der Waals surface area (Å²) in [7, 11) is -3.37. The second-order valence-corrected chi connectivity index (χ2v) is 7.41. The minimum absolute atomic E-state index is 0.280. The van der Waals surface area contributed by atoms with E-state index in [-0.39, 0.29) is 11.5 Å². The van der Waals surface area contributed by atoms with Gasteiger partial charge in [0.1, 0.15) is 0 Å². The normalized spacial score (nSPS) is 19.8. The van der Waals surface area contributed by atoms with Crippen molar-refractivity contribution in [1.82, 2.24) is 4.31 Å². The number of sulfonamides is 1. The molecule has 1 fully saturated rings. The smallest absolute Gasteiger partial charge is 0.243 e. The van der Waals surface area contributed by atoms with Crippen molar-refractivity contribution in [3.63, 3.8) is 0 Å². The van der Waals surface area contributed by atoms with E-state index in [2.05, 4.69) is 0 Å². The van der Waals surface area contributed by atoms with Gasteiger partial charge in [0, 0.05) is 18.6 Å². The SMILES string of the molecule is Cc1ccc(S(=O)(=O)N2CC(N)(C(C)C)C2)cc1. The summed E-state index contributed by atoms with van der Waals surface area (Å²) in [5.41, 5.74) is 6.80. The first kappa shape index (κ1) is 13.5. The first-order valence-electron chi connectivity index (χ1n) is 6.11. The molecule has 2 rings (SSSR count). The van der Waals surface area contributed by atoms with Gasteiger partial charge in [-0.3, -0.25) is 0 Å². The molecule has 1 aliphatic rings. The maximum absolute atomic E-state index is 12.3. The van der Waals surface area contributed by atoms with Crippen LogP contribution in [0.5, 0.6) is 0 Å². The minimum Gasteiger partial charge on any atom is -0.323 e. The van der Waals surface area contributed by atoms with E-state index in [1.165, 1.54) is 4.31 Å². The lowest BCUT2D eigenvalue weighted by molar-refractivity contribution is 0.110. The first-order valence-corrected chi connectivity index (χ1v) is 7.55. The van der Waals surface area contributed by atoms with Crippen LogP contribution >= 0.6 is 0 Å². The molecule has 0 unspecified atom stereocenters. The van der Waals surface area contributed by atoms with Crippen LogP contribution in [0.1, 0.15) is 19.4 Å². The summed E-state index contributed by atoms with van der Waals surface area (Å²) in [5.74, 6) is 0.280. The summed E-state index contributed by atoms with van der Waals surface area (Å²) in [6, 6.07) is 6.92. The zero-order chi connectivity index (χ0) is 13.6. The van der Waals surface area contributed by atoms with Crippen molar-refractivity contribution in [3.05, 3.63) is 29.8 Å². The van der Waals surface area contributed by atoms with Gasteiger partial charge in [0.05, 0.1) is 4.90 Å². The van der Waals surface area contributed by atoms with Crippen LogP contribution in [0.25, 0.3) is 0 Å². The van der Waals surface area contributed by atoms with E-state index in [0.29, 0.717) is 18.0 Å². The van der Waals surface area contributed by atoms with Gasteiger partial charge in [-0.15, -0.1) is 0 Å². The molecule has 1 heterocycles. The van der Waals surface area contributed by atoms with Crippen molar-refractivity contribution in [1.29, 1.82) is 0 Å². The van der Waals surface area contributed by atoms with Crippen molar-refractivity contribution in [2.75, 3.05) is 13.1 Å². The molecule has 0 aliphatic carbocycles. The zero-order valence-electron chi connectivity index (χ0n) is 11.1. The van der Waals surface area contributed by atoms with E-state index < -0.39 is 10.0 Å². The van der Waals surface area contributed by atoms with E-state index >= 15 is 0 Å². The third-order valence-electron chi connectivity index (χ3n) is 3.75. The molecule has 1 aromatic carbocycles. The Kier molecular flexibility index (Phi) is 3.25. The van der Waals surface area contributed by atoms with E-state index in [1.54, 1.807) is 12.1 Å². The summed E-state index contributed by atoms with van der Waals surface area (Å²) in [6.45, 7) is 6.79. The Bertz CT molecular complexity index is 529. The maximum Gasteiger partial charge on any atom is 0.243 e. The second-order valence-electron chi connectivity index (χ2n) is 5.47. The largest absolute Gasteiger partial charge is 0.323 e. The highest BCUT2D eigenvalue weighted by molar-refractivity contribution is 7.89. The van der Waals surface area contributed by atoms with Gasteiger partial charge >= 0.3 is 0 Å². The molecule has 0 atom stereocenters. The molecule has 18 heavy (non-hydrogen) atoms. The molecule has 1 saturated heterocycles. The van der Waals surface area contributed by atoms with Crippen LogP contribution in [0.2, 0.25) is 0 Å². The number of hydrogen-bond acceptors (Lipinski definition) is 3. The van der Waals surface area contributed by atoms with Crippen molar-refractivity contribution < 1.29 is 8.42 Å². The number of hydrogen-bond donors (Lipinski definition) is 1. The van der Waals surface area contributed by atoms with Crippen LogP contribution in [-0.4, -0.2) is 31.4 Å². The number of nitrogens with two attached hydrogens (primary N) is 1. The fourth-order valence-corrected chi connectivity index (χ4v) is 3.60. The molecule has 0 amide bonds. The van der Waals surface area contributed by atoms with Crippen LogP contribution in [0.15, 0.2) is 29.2 Å². The first-order chi connectivity index (χ1) is 8.25. The Morgan fingerprint density at radius 3 is 2.17 bits per heavy atom. The van der Waals surface area contributed by atoms with Gasteiger partial charge in [0.15, 0.2) is 0 Å². The van der Waals surface area contributed by atoms with Crippen molar-refractivity contribution >= 4 is 10.0 Å². The lowest BCUT2D eigenvalue weighted by Crippen LogP contribution is -2.70. The summed E-state index contributed by atoms with van der Waals surface area (Å²) in [4.78, 5) is 0.346. The predicted molar refractivity (Wildman–Crippen MR) is 71.7 cm³/mol. The fraction of sp³-hybridized carbons (Fsp3) is 0.538. The molecule has 5 heteroatoms. The third-order valence-corrected chi connectivity index (χ3v) is 5.56. The molecule has 0 radical (unpaired) electrons. The summed E-state index contributed by atoms with van der Waals surface area (Å²) < 4.78 is 26.1. The van der Waals surface area contributed by atoms with E-state index in [4.69, 9.17) is 5.73 Å². The van der Waals surface area contributed by atoms with E-state index in [9.17, 15) is 8.42 Å². The fourth-order valence-electron chi connectivity index (χ4n) is 2.00. The van der Waals surface area contributed by atoms with E-state index in [0.717, 1.165) is 5.56 Å². The molecule has 100 valence electrons.